The second-order valence-electron chi connectivity index (χ2n) is 5.85. The summed E-state index contributed by atoms with van der Waals surface area (Å²) in [4.78, 5) is 19.0. The minimum absolute atomic E-state index is 0.0347. The smallest absolute Gasteiger partial charge is 0.197 e. The average molecular weight is 339 g/mol. The molecule has 0 spiro atoms. The van der Waals surface area contributed by atoms with Crippen LogP contribution in [0.4, 0.5) is 14.5 Å². The van der Waals surface area contributed by atoms with Crippen molar-refractivity contribution in [2.75, 3.05) is 4.90 Å². The maximum absolute atomic E-state index is 13.6. The Balaban J connectivity index is 1.66. The molecule has 3 aromatic rings. The molecule has 25 heavy (non-hydrogen) atoms. The van der Waals surface area contributed by atoms with E-state index in [-0.39, 0.29) is 6.04 Å². The van der Waals surface area contributed by atoms with Crippen molar-refractivity contribution >= 4 is 5.69 Å². The van der Waals surface area contributed by atoms with Gasteiger partial charge in [-0.3, -0.25) is 0 Å². The summed E-state index contributed by atoms with van der Waals surface area (Å²) in [5, 5.41) is 0. The number of fused-ring (bicyclic) bond motifs is 1. The molecule has 0 fully saturated rings. The zero-order valence-corrected chi connectivity index (χ0v) is 13.5. The summed E-state index contributed by atoms with van der Waals surface area (Å²) >= 11 is 0. The SMILES string of the molecule is CCC1c2cc(F)c(F)cc2CN1c1cnc(-c2ncccn2)nc1. The number of hydrogen-bond donors (Lipinski definition) is 0. The van der Waals surface area contributed by atoms with Gasteiger partial charge in [0.1, 0.15) is 0 Å². The van der Waals surface area contributed by atoms with Crippen LogP contribution < -0.4 is 4.90 Å². The van der Waals surface area contributed by atoms with E-state index in [4.69, 9.17) is 0 Å². The molecule has 1 unspecified atom stereocenters. The van der Waals surface area contributed by atoms with Gasteiger partial charge in [0.05, 0.1) is 24.1 Å². The molecule has 1 aliphatic rings. The van der Waals surface area contributed by atoms with E-state index in [1.165, 1.54) is 12.1 Å². The first-order chi connectivity index (χ1) is 12.2. The molecule has 1 aliphatic heterocycles. The van der Waals surface area contributed by atoms with E-state index in [1.807, 2.05) is 6.92 Å². The molecule has 0 bridgehead atoms. The number of halogens is 2. The zero-order chi connectivity index (χ0) is 17.4. The van der Waals surface area contributed by atoms with Crippen LogP contribution in [-0.2, 0) is 6.54 Å². The molecular formula is C18H15F2N5. The molecule has 4 rings (SSSR count). The Morgan fingerprint density at radius 3 is 2.32 bits per heavy atom. The van der Waals surface area contributed by atoms with Crippen molar-refractivity contribution in [2.24, 2.45) is 0 Å². The second-order valence-corrected chi connectivity index (χ2v) is 5.85. The van der Waals surface area contributed by atoms with E-state index in [2.05, 4.69) is 24.8 Å². The topological polar surface area (TPSA) is 54.8 Å². The van der Waals surface area contributed by atoms with Crippen LogP contribution in [0.3, 0.4) is 0 Å². The number of rotatable bonds is 3. The summed E-state index contributed by atoms with van der Waals surface area (Å²) < 4.78 is 27.2. The van der Waals surface area contributed by atoms with E-state index in [0.29, 0.717) is 18.2 Å². The minimum atomic E-state index is -0.816. The molecule has 0 radical (unpaired) electrons. The molecule has 0 aliphatic carbocycles. The lowest BCUT2D eigenvalue weighted by Crippen LogP contribution is -2.21. The fraction of sp³-hybridized carbons (Fsp3) is 0.222. The Morgan fingerprint density at radius 1 is 1.00 bits per heavy atom. The van der Waals surface area contributed by atoms with Gasteiger partial charge in [0.25, 0.3) is 0 Å². The van der Waals surface area contributed by atoms with E-state index in [1.54, 1.807) is 30.9 Å². The van der Waals surface area contributed by atoms with E-state index < -0.39 is 11.6 Å². The minimum Gasteiger partial charge on any atom is -0.358 e. The number of nitrogens with zero attached hydrogens (tertiary/aromatic N) is 5. The van der Waals surface area contributed by atoms with Crippen LogP contribution in [-0.4, -0.2) is 19.9 Å². The number of aromatic nitrogens is 4. The van der Waals surface area contributed by atoms with Crippen molar-refractivity contribution in [2.45, 2.75) is 25.9 Å². The summed E-state index contributed by atoms with van der Waals surface area (Å²) in [7, 11) is 0. The quantitative estimate of drug-likeness (QED) is 0.728. The fourth-order valence-electron chi connectivity index (χ4n) is 3.22. The van der Waals surface area contributed by atoms with Crippen LogP contribution in [0.5, 0.6) is 0 Å². The second kappa shape index (κ2) is 6.16. The summed E-state index contributed by atoms with van der Waals surface area (Å²) in [6.45, 7) is 2.51. The predicted molar refractivity (Wildman–Crippen MR) is 88.6 cm³/mol. The van der Waals surface area contributed by atoms with Crippen LogP contribution in [0.15, 0.2) is 43.0 Å². The first-order valence-corrected chi connectivity index (χ1v) is 8.01. The molecule has 0 saturated heterocycles. The zero-order valence-electron chi connectivity index (χ0n) is 13.5. The Labute approximate surface area is 143 Å². The third kappa shape index (κ3) is 2.71. The summed E-state index contributed by atoms with van der Waals surface area (Å²) in [6.07, 6.45) is 7.42. The molecule has 1 atom stereocenters. The lowest BCUT2D eigenvalue weighted by molar-refractivity contribution is 0.505. The Kier molecular flexibility index (Phi) is 3.83. The molecule has 5 nitrogen and oxygen atoms in total. The summed E-state index contributed by atoms with van der Waals surface area (Å²) in [6, 6.07) is 4.27. The van der Waals surface area contributed by atoms with Crippen molar-refractivity contribution in [3.05, 3.63) is 65.7 Å². The highest BCUT2D eigenvalue weighted by atomic mass is 19.2. The highest BCUT2D eigenvalue weighted by molar-refractivity contribution is 5.54. The first kappa shape index (κ1) is 15.6. The molecule has 3 heterocycles. The normalized spacial score (nSPS) is 16.1. The van der Waals surface area contributed by atoms with Gasteiger partial charge in [-0.15, -0.1) is 0 Å². The maximum Gasteiger partial charge on any atom is 0.197 e. The molecular weight excluding hydrogens is 324 g/mol. The van der Waals surface area contributed by atoms with E-state index in [0.717, 1.165) is 23.2 Å². The van der Waals surface area contributed by atoms with Crippen molar-refractivity contribution in [1.29, 1.82) is 0 Å². The Morgan fingerprint density at radius 2 is 1.64 bits per heavy atom. The summed E-state index contributed by atoms with van der Waals surface area (Å²) in [5.41, 5.74) is 2.40. The van der Waals surface area contributed by atoms with Gasteiger partial charge < -0.3 is 4.90 Å². The Hall–Kier alpha value is -2.96. The standard InChI is InChI=1S/C18H15F2N5/c1-2-16-13-7-15(20)14(19)6-11(13)10-25(16)12-8-23-18(24-9-12)17-21-4-3-5-22-17/h3-9,16H,2,10H2,1H3. The van der Waals surface area contributed by atoms with Gasteiger partial charge in [-0.2, -0.15) is 0 Å². The average Bonchev–Trinajstić information content (AvgIpc) is 3.00. The van der Waals surface area contributed by atoms with Gasteiger partial charge in [-0.25, -0.2) is 28.7 Å². The van der Waals surface area contributed by atoms with Crippen molar-refractivity contribution < 1.29 is 8.78 Å². The molecule has 0 amide bonds. The van der Waals surface area contributed by atoms with Gasteiger partial charge in [0, 0.05) is 18.9 Å². The van der Waals surface area contributed by atoms with Gasteiger partial charge in [-0.1, -0.05) is 6.92 Å². The van der Waals surface area contributed by atoms with Crippen LogP contribution in [0.1, 0.15) is 30.5 Å². The third-order valence-corrected chi connectivity index (χ3v) is 4.38. The summed E-state index contributed by atoms with van der Waals surface area (Å²) in [5.74, 6) is -0.740. The molecule has 1 aromatic carbocycles. The van der Waals surface area contributed by atoms with Crippen LogP contribution in [0.25, 0.3) is 11.6 Å². The van der Waals surface area contributed by atoms with Crippen molar-refractivity contribution in [3.8, 4) is 11.6 Å². The number of hydrogen-bond acceptors (Lipinski definition) is 5. The largest absolute Gasteiger partial charge is 0.358 e. The van der Waals surface area contributed by atoms with Crippen molar-refractivity contribution in [3.63, 3.8) is 0 Å². The van der Waals surface area contributed by atoms with Crippen molar-refractivity contribution in [1.82, 2.24) is 19.9 Å². The van der Waals surface area contributed by atoms with Crippen LogP contribution in [0, 0.1) is 11.6 Å². The lowest BCUT2D eigenvalue weighted by Gasteiger charge is -2.25. The molecule has 2 aromatic heterocycles. The molecule has 0 saturated carbocycles. The Bertz CT molecular complexity index is 899. The monoisotopic (exact) mass is 339 g/mol. The number of anilines is 1. The van der Waals surface area contributed by atoms with Crippen LogP contribution >= 0.6 is 0 Å². The highest BCUT2D eigenvalue weighted by Crippen LogP contribution is 2.39. The molecule has 7 heteroatoms. The van der Waals surface area contributed by atoms with Crippen LogP contribution in [0.2, 0.25) is 0 Å². The lowest BCUT2D eigenvalue weighted by atomic mass is 10.0. The highest BCUT2D eigenvalue weighted by Gasteiger charge is 2.31. The molecule has 126 valence electrons. The maximum atomic E-state index is 13.6. The molecule has 0 N–H and O–H groups in total. The van der Waals surface area contributed by atoms with Gasteiger partial charge in [-0.05, 0) is 35.7 Å². The number of benzene rings is 1. The first-order valence-electron chi connectivity index (χ1n) is 8.01. The van der Waals surface area contributed by atoms with Gasteiger partial charge in [0.15, 0.2) is 23.3 Å². The van der Waals surface area contributed by atoms with E-state index >= 15 is 0 Å². The fourth-order valence-corrected chi connectivity index (χ4v) is 3.22. The third-order valence-electron chi connectivity index (χ3n) is 4.38. The van der Waals surface area contributed by atoms with Gasteiger partial charge in [0.2, 0.25) is 0 Å². The van der Waals surface area contributed by atoms with Gasteiger partial charge >= 0.3 is 0 Å². The predicted octanol–water partition coefficient (Wildman–Crippen LogP) is 3.68. The van der Waals surface area contributed by atoms with E-state index in [9.17, 15) is 8.78 Å².